The Balaban J connectivity index is 1.57. The molecule has 1 aromatic carbocycles. The molecule has 1 aliphatic heterocycles. The molecule has 0 amide bonds. The van der Waals surface area contributed by atoms with Crippen LogP contribution in [0.4, 0.5) is 0 Å². The molecular formula is C26H38O3. The van der Waals surface area contributed by atoms with E-state index in [0.29, 0.717) is 23.9 Å². The molecular weight excluding hydrogens is 360 g/mol. The van der Waals surface area contributed by atoms with Crippen LogP contribution in [0.2, 0.25) is 0 Å². The SMILES string of the molecule is CCC[C@H]1C[C@@H](C)C(C)C1C1CCc2ccc(C(C3CC3)[C@H](C)C(=O)O)cc2O1. The molecule has 0 spiro atoms. The fourth-order valence-electron chi connectivity index (χ4n) is 6.44. The molecule has 3 nitrogen and oxygen atoms in total. The molecule has 1 heterocycles. The van der Waals surface area contributed by atoms with Gasteiger partial charge in [-0.2, -0.15) is 0 Å². The van der Waals surface area contributed by atoms with Gasteiger partial charge >= 0.3 is 5.97 Å². The third-order valence-corrected chi connectivity index (χ3v) is 8.32. The summed E-state index contributed by atoms with van der Waals surface area (Å²) in [5.41, 5.74) is 2.47. The second kappa shape index (κ2) is 8.32. The van der Waals surface area contributed by atoms with Gasteiger partial charge in [-0.3, -0.25) is 4.79 Å². The number of rotatable bonds is 7. The first kappa shape index (κ1) is 20.8. The van der Waals surface area contributed by atoms with Gasteiger partial charge in [0.25, 0.3) is 0 Å². The molecule has 1 N–H and O–H groups in total. The highest BCUT2D eigenvalue weighted by molar-refractivity contribution is 5.71. The van der Waals surface area contributed by atoms with Crippen molar-refractivity contribution in [3.05, 3.63) is 29.3 Å². The van der Waals surface area contributed by atoms with E-state index in [2.05, 4.69) is 39.0 Å². The first-order chi connectivity index (χ1) is 13.9. The third-order valence-electron chi connectivity index (χ3n) is 8.32. The van der Waals surface area contributed by atoms with Gasteiger partial charge in [-0.05, 0) is 78.9 Å². The Bertz CT molecular complexity index is 737. The largest absolute Gasteiger partial charge is 0.490 e. The lowest BCUT2D eigenvalue weighted by Gasteiger charge is -2.36. The summed E-state index contributed by atoms with van der Waals surface area (Å²) < 4.78 is 6.69. The van der Waals surface area contributed by atoms with Crippen LogP contribution in [-0.2, 0) is 11.2 Å². The maximum Gasteiger partial charge on any atom is 0.306 e. The Labute approximate surface area is 176 Å². The molecule has 0 bridgehead atoms. The molecule has 2 saturated carbocycles. The maximum atomic E-state index is 11.7. The fourth-order valence-corrected chi connectivity index (χ4v) is 6.44. The number of aliphatic carboxylic acids is 1. The standard InChI is InChI=1S/C26H38O3/c1-5-6-20-13-15(2)16(3)25(20)22-12-11-18-7-10-21(14-23(18)29-22)24(19-8-9-19)17(4)26(27)28/h7,10,14-17,19-20,22,24-25H,5-6,8-9,11-13H2,1-4H3,(H,27,28)/t15-,16?,17+,20+,22?,24?,25?/m1/s1. The first-order valence-corrected chi connectivity index (χ1v) is 11.9. The molecule has 2 fully saturated rings. The van der Waals surface area contributed by atoms with Gasteiger partial charge in [0.05, 0.1) is 5.92 Å². The van der Waals surface area contributed by atoms with Crippen LogP contribution in [0, 0.1) is 35.5 Å². The highest BCUT2D eigenvalue weighted by Gasteiger charge is 2.44. The van der Waals surface area contributed by atoms with Crippen molar-refractivity contribution >= 4 is 5.97 Å². The molecule has 1 aromatic rings. The minimum atomic E-state index is -0.686. The Morgan fingerprint density at radius 2 is 2.00 bits per heavy atom. The molecule has 4 unspecified atom stereocenters. The summed E-state index contributed by atoms with van der Waals surface area (Å²) in [7, 11) is 0. The van der Waals surface area contributed by atoms with Gasteiger partial charge in [-0.15, -0.1) is 0 Å². The summed E-state index contributed by atoms with van der Waals surface area (Å²) in [6.07, 6.45) is 8.72. The Morgan fingerprint density at radius 1 is 1.24 bits per heavy atom. The Hall–Kier alpha value is -1.51. The van der Waals surface area contributed by atoms with E-state index >= 15 is 0 Å². The van der Waals surface area contributed by atoms with Crippen molar-refractivity contribution in [1.82, 2.24) is 0 Å². The smallest absolute Gasteiger partial charge is 0.306 e. The number of hydrogen-bond acceptors (Lipinski definition) is 2. The summed E-state index contributed by atoms with van der Waals surface area (Å²) in [4.78, 5) is 11.7. The summed E-state index contributed by atoms with van der Waals surface area (Å²) in [5, 5.41) is 9.62. The number of benzene rings is 1. The van der Waals surface area contributed by atoms with Crippen LogP contribution in [0.25, 0.3) is 0 Å². The number of aryl methyl sites for hydroxylation is 1. The van der Waals surface area contributed by atoms with Crippen molar-refractivity contribution in [3.8, 4) is 5.75 Å². The normalized spacial score (nSPS) is 33.6. The summed E-state index contributed by atoms with van der Waals surface area (Å²) in [6, 6.07) is 6.57. The molecule has 3 heteroatoms. The van der Waals surface area contributed by atoms with Gasteiger partial charge in [-0.1, -0.05) is 52.7 Å². The van der Waals surface area contributed by atoms with E-state index in [1.54, 1.807) is 0 Å². The van der Waals surface area contributed by atoms with Crippen LogP contribution in [0.15, 0.2) is 18.2 Å². The molecule has 0 aromatic heterocycles. The topological polar surface area (TPSA) is 46.5 Å². The van der Waals surface area contributed by atoms with Gasteiger partial charge < -0.3 is 9.84 Å². The molecule has 3 aliphatic rings. The van der Waals surface area contributed by atoms with E-state index in [-0.39, 0.29) is 11.8 Å². The lowest BCUT2D eigenvalue weighted by Crippen LogP contribution is -2.36. The number of hydrogen-bond donors (Lipinski definition) is 1. The second-order valence-electron chi connectivity index (χ2n) is 10.3. The van der Waals surface area contributed by atoms with E-state index in [1.807, 2.05) is 6.92 Å². The van der Waals surface area contributed by atoms with Crippen molar-refractivity contribution in [2.45, 2.75) is 84.7 Å². The minimum absolute atomic E-state index is 0.111. The third kappa shape index (κ3) is 4.07. The molecule has 160 valence electrons. The zero-order valence-electron chi connectivity index (χ0n) is 18.6. The van der Waals surface area contributed by atoms with Gasteiger partial charge in [0, 0.05) is 5.92 Å². The van der Waals surface area contributed by atoms with Gasteiger partial charge in [0.1, 0.15) is 11.9 Å². The number of fused-ring (bicyclic) bond motifs is 1. The van der Waals surface area contributed by atoms with E-state index in [4.69, 9.17) is 4.74 Å². The number of carboxylic acid groups (broad SMARTS) is 1. The molecule has 29 heavy (non-hydrogen) atoms. The number of ether oxygens (including phenoxy) is 1. The molecule has 0 radical (unpaired) electrons. The quantitative estimate of drug-likeness (QED) is 0.586. The van der Waals surface area contributed by atoms with E-state index in [9.17, 15) is 9.90 Å². The van der Waals surface area contributed by atoms with Crippen LogP contribution in [0.1, 0.15) is 83.3 Å². The van der Waals surface area contributed by atoms with E-state index in [0.717, 1.165) is 43.3 Å². The Morgan fingerprint density at radius 3 is 2.66 bits per heavy atom. The summed E-state index contributed by atoms with van der Waals surface area (Å²) in [5.74, 6) is 3.56. The van der Waals surface area contributed by atoms with Crippen LogP contribution in [0.5, 0.6) is 5.75 Å². The predicted molar refractivity (Wildman–Crippen MR) is 116 cm³/mol. The van der Waals surface area contributed by atoms with Crippen molar-refractivity contribution in [1.29, 1.82) is 0 Å². The fraction of sp³-hybridized carbons (Fsp3) is 0.731. The molecule has 7 atom stereocenters. The zero-order valence-corrected chi connectivity index (χ0v) is 18.6. The second-order valence-corrected chi connectivity index (χ2v) is 10.3. The zero-order chi connectivity index (χ0) is 20.7. The van der Waals surface area contributed by atoms with Gasteiger partial charge in [-0.25, -0.2) is 0 Å². The van der Waals surface area contributed by atoms with Crippen LogP contribution >= 0.6 is 0 Å². The molecule has 4 rings (SSSR count). The molecule has 0 saturated heterocycles. The van der Waals surface area contributed by atoms with Gasteiger partial charge in [0.2, 0.25) is 0 Å². The summed E-state index contributed by atoms with van der Waals surface area (Å²) >= 11 is 0. The average Bonchev–Trinajstić information content (AvgIpc) is 3.48. The van der Waals surface area contributed by atoms with Crippen molar-refractivity contribution in [2.75, 3.05) is 0 Å². The molecule has 2 aliphatic carbocycles. The monoisotopic (exact) mass is 398 g/mol. The lowest BCUT2D eigenvalue weighted by atomic mass is 9.79. The number of carbonyl (C=O) groups is 1. The highest BCUT2D eigenvalue weighted by Crippen LogP contribution is 2.50. The van der Waals surface area contributed by atoms with Gasteiger partial charge in [0.15, 0.2) is 0 Å². The summed E-state index contributed by atoms with van der Waals surface area (Å²) in [6.45, 7) is 9.01. The average molecular weight is 399 g/mol. The predicted octanol–water partition coefficient (Wildman–Crippen LogP) is 6.30. The maximum absolute atomic E-state index is 11.7. The minimum Gasteiger partial charge on any atom is -0.490 e. The first-order valence-electron chi connectivity index (χ1n) is 11.9. The highest BCUT2D eigenvalue weighted by atomic mass is 16.5. The van der Waals surface area contributed by atoms with Crippen LogP contribution in [-0.4, -0.2) is 17.2 Å². The lowest BCUT2D eigenvalue weighted by molar-refractivity contribution is -0.142. The van der Waals surface area contributed by atoms with Crippen molar-refractivity contribution < 1.29 is 14.6 Å². The van der Waals surface area contributed by atoms with Crippen molar-refractivity contribution in [3.63, 3.8) is 0 Å². The number of carboxylic acids is 1. The Kier molecular flexibility index (Phi) is 5.95. The van der Waals surface area contributed by atoms with E-state index < -0.39 is 5.97 Å². The van der Waals surface area contributed by atoms with E-state index in [1.165, 1.54) is 30.4 Å². The van der Waals surface area contributed by atoms with Crippen molar-refractivity contribution in [2.24, 2.45) is 35.5 Å². The van der Waals surface area contributed by atoms with Crippen LogP contribution < -0.4 is 4.74 Å². The van der Waals surface area contributed by atoms with Crippen LogP contribution in [0.3, 0.4) is 0 Å².